The maximum absolute atomic E-state index is 6.11. The highest BCUT2D eigenvalue weighted by Crippen LogP contribution is 2.34. The molecule has 0 spiro atoms. The smallest absolute Gasteiger partial charge is 0.462 e. The van der Waals surface area contributed by atoms with Crippen molar-refractivity contribution in [2.24, 2.45) is 0 Å². The van der Waals surface area contributed by atoms with Crippen LogP contribution in [0.2, 0.25) is 6.04 Å². The van der Waals surface area contributed by atoms with Gasteiger partial charge in [0.05, 0.1) is 6.61 Å². The lowest BCUT2D eigenvalue weighted by Gasteiger charge is -2.36. The Morgan fingerprint density at radius 1 is 1.12 bits per heavy atom. The van der Waals surface area contributed by atoms with Crippen LogP contribution in [0, 0.1) is 0 Å². The number of rotatable bonds is 10. The van der Waals surface area contributed by atoms with Crippen LogP contribution in [-0.4, -0.2) is 35.9 Å². The second kappa shape index (κ2) is 9.14. The minimum atomic E-state index is -2.48. The van der Waals surface area contributed by atoms with Gasteiger partial charge in [-0.1, -0.05) is 19.4 Å². The van der Waals surface area contributed by atoms with Gasteiger partial charge in [-0.3, -0.25) is 0 Å². The Morgan fingerprint density at radius 2 is 1.84 bits per heavy atom. The average Bonchev–Trinajstić information content (AvgIpc) is 2.64. The molecule has 0 bridgehead atoms. The van der Waals surface area contributed by atoms with E-state index in [0.717, 1.165) is 49.5 Å². The molecule has 0 N–H and O–H groups in total. The van der Waals surface area contributed by atoms with Crippen molar-refractivity contribution < 1.29 is 22.8 Å². The van der Waals surface area contributed by atoms with Gasteiger partial charge in [-0.15, -0.1) is 0 Å². The zero-order chi connectivity index (χ0) is 18.3. The lowest BCUT2D eigenvalue weighted by Crippen LogP contribution is -2.42. The van der Waals surface area contributed by atoms with Crippen molar-refractivity contribution in [3.05, 3.63) is 29.3 Å². The molecule has 0 aliphatic carbocycles. The summed E-state index contributed by atoms with van der Waals surface area (Å²) < 4.78 is 28.5. The van der Waals surface area contributed by atoms with Gasteiger partial charge in [0.2, 0.25) is 5.79 Å². The van der Waals surface area contributed by atoms with E-state index in [0.29, 0.717) is 6.61 Å². The second-order valence-electron chi connectivity index (χ2n) is 6.72. The van der Waals surface area contributed by atoms with E-state index < -0.39 is 14.6 Å². The predicted molar refractivity (Wildman–Crippen MR) is 99.7 cm³/mol. The van der Waals surface area contributed by atoms with Gasteiger partial charge >= 0.3 is 8.80 Å². The van der Waals surface area contributed by atoms with Crippen LogP contribution in [0.25, 0.3) is 0 Å². The summed E-state index contributed by atoms with van der Waals surface area (Å²) in [5.74, 6) is 0.452. The molecule has 142 valence electrons. The molecule has 1 aromatic rings. The largest absolute Gasteiger partial charge is 0.500 e. The van der Waals surface area contributed by atoms with E-state index in [2.05, 4.69) is 25.1 Å². The quantitative estimate of drug-likeness (QED) is 0.576. The molecule has 1 atom stereocenters. The molecule has 5 nitrogen and oxygen atoms in total. The van der Waals surface area contributed by atoms with Gasteiger partial charge in [-0.25, -0.2) is 0 Å². The number of benzene rings is 1. The lowest BCUT2D eigenvalue weighted by molar-refractivity contribution is -0.198. The van der Waals surface area contributed by atoms with Crippen LogP contribution in [0.4, 0.5) is 0 Å². The first kappa shape index (κ1) is 20.4. The Hall–Kier alpha value is -0.923. The number of hydrogen-bond acceptors (Lipinski definition) is 5. The fourth-order valence-corrected chi connectivity index (χ4v) is 4.90. The van der Waals surface area contributed by atoms with Crippen molar-refractivity contribution >= 4 is 8.80 Å². The van der Waals surface area contributed by atoms with Crippen LogP contribution < -0.4 is 4.74 Å². The molecule has 1 aliphatic heterocycles. The molecule has 2 rings (SSSR count). The summed E-state index contributed by atoms with van der Waals surface area (Å²) in [5, 5.41) is 0. The highest BCUT2D eigenvalue weighted by molar-refractivity contribution is 6.60. The van der Waals surface area contributed by atoms with Crippen LogP contribution in [0.1, 0.15) is 50.7 Å². The molecule has 0 saturated carbocycles. The van der Waals surface area contributed by atoms with Crippen molar-refractivity contribution in [1.29, 1.82) is 0 Å². The summed E-state index contributed by atoms with van der Waals surface area (Å²) in [5.41, 5.74) is 2.40. The lowest BCUT2D eigenvalue weighted by atomic mass is 10.0. The fraction of sp³-hybridized carbons (Fsp3) is 0.684. The summed E-state index contributed by atoms with van der Waals surface area (Å²) in [7, 11) is 2.48. The van der Waals surface area contributed by atoms with Gasteiger partial charge in [0.25, 0.3) is 0 Å². The maximum atomic E-state index is 6.11. The first-order chi connectivity index (χ1) is 12.0. The topological polar surface area (TPSA) is 46.2 Å². The molecule has 1 heterocycles. The van der Waals surface area contributed by atoms with Crippen LogP contribution in [-0.2, 0) is 31.0 Å². The van der Waals surface area contributed by atoms with Gasteiger partial charge in [0, 0.05) is 46.3 Å². The minimum Gasteiger partial charge on any atom is -0.462 e. The van der Waals surface area contributed by atoms with Crippen LogP contribution in [0.5, 0.6) is 5.75 Å². The van der Waals surface area contributed by atoms with Crippen molar-refractivity contribution in [1.82, 2.24) is 0 Å². The molecular weight excluding hydrogens is 336 g/mol. The standard InChI is InChI=1S/C19H32O5Si/c1-6-7-12-19(2)23-15-17-14-16(10-11-18(17)24-19)9-8-13-25(20-3,21-4)22-5/h10-11,14H,6-9,12-13,15H2,1-5H3. The highest BCUT2D eigenvalue weighted by atomic mass is 28.4. The van der Waals surface area contributed by atoms with Gasteiger partial charge < -0.3 is 22.8 Å². The molecule has 1 unspecified atom stereocenters. The number of ether oxygens (including phenoxy) is 2. The number of aryl methyl sites for hydroxylation is 1. The zero-order valence-electron chi connectivity index (χ0n) is 16.2. The Kier molecular flexibility index (Phi) is 7.46. The third-order valence-corrected chi connectivity index (χ3v) is 7.68. The van der Waals surface area contributed by atoms with E-state index >= 15 is 0 Å². The van der Waals surface area contributed by atoms with E-state index in [4.69, 9.17) is 22.8 Å². The third-order valence-electron chi connectivity index (χ3n) is 4.85. The molecule has 6 heteroatoms. The van der Waals surface area contributed by atoms with Crippen molar-refractivity contribution in [2.75, 3.05) is 21.3 Å². The average molecular weight is 369 g/mol. The first-order valence-electron chi connectivity index (χ1n) is 9.10. The predicted octanol–water partition coefficient (Wildman–Crippen LogP) is 4.31. The van der Waals surface area contributed by atoms with Crippen LogP contribution >= 0.6 is 0 Å². The molecule has 25 heavy (non-hydrogen) atoms. The van der Waals surface area contributed by atoms with Crippen LogP contribution in [0.15, 0.2) is 18.2 Å². The molecule has 0 amide bonds. The first-order valence-corrected chi connectivity index (χ1v) is 11.0. The summed E-state index contributed by atoms with van der Waals surface area (Å²) in [4.78, 5) is 0. The van der Waals surface area contributed by atoms with E-state index in [9.17, 15) is 0 Å². The van der Waals surface area contributed by atoms with Crippen molar-refractivity contribution in [2.45, 2.75) is 64.4 Å². The fourth-order valence-electron chi connectivity index (χ4n) is 3.18. The van der Waals surface area contributed by atoms with E-state index in [1.807, 2.05) is 6.92 Å². The van der Waals surface area contributed by atoms with E-state index in [1.54, 1.807) is 21.3 Å². The molecule has 0 aromatic heterocycles. The molecule has 0 saturated heterocycles. The summed E-state index contributed by atoms with van der Waals surface area (Å²) in [6.45, 7) is 4.82. The minimum absolute atomic E-state index is 0.495. The normalized spacial score (nSPS) is 20.2. The summed E-state index contributed by atoms with van der Waals surface area (Å²) >= 11 is 0. The summed E-state index contributed by atoms with van der Waals surface area (Å²) in [6.07, 6.45) is 5.07. The number of fused-ring (bicyclic) bond motifs is 1. The van der Waals surface area contributed by atoms with Crippen molar-refractivity contribution in [3.8, 4) is 5.75 Å². The second-order valence-corrected chi connectivity index (χ2v) is 9.81. The molecular formula is C19H32O5Si. The van der Waals surface area contributed by atoms with Gasteiger partial charge in [-0.2, -0.15) is 0 Å². The molecule has 1 aromatic carbocycles. The van der Waals surface area contributed by atoms with E-state index in [1.165, 1.54) is 5.56 Å². The highest BCUT2D eigenvalue weighted by Gasteiger charge is 2.37. The van der Waals surface area contributed by atoms with Crippen LogP contribution in [0.3, 0.4) is 0 Å². The Labute approximate surface area is 152 Å². The zero-order valence-corrected chi connectivity index (χ0v) is 17.2. The van der Waals surface area contributed by atoms with Gasteiger partial charge in [0.15, 0.2) is 0 Å². The van der Waals surface area contributed by atoms with Crippen molar-refractivity contribution in [3.63, 3.8) is 0 Å². The Bertz CT molecular complexity index is 538. The van der Waals surface area contributed by atoms with Gasteiger partial charge in [-0.05, 0) is 37.0 Å². The molecule has 0 radical (unpaired) electrons. The third kappa shape index (κ3) is 5.28. The molecule has 0 fully saturated rings. The SMILES string of the molecule is CCCCC1(C)OCc2cc(CCC[Si](OC)(OC)OC)ccc2O1. The summed E-state index contributed by atoms with van der Waals surface area (Å²) in [6, 6.07) is 7.20. The van der Waals surface area contributed by atoms with E-state index in [-0.39, 0.29) is 0 Å². The van der Waals surface area contributed by atoms with Gasteiger partial charge in [0.1, 0.15) is 5.75 Å². The number of hydrogen-bond donors (Lipinski definition) is 0. The monoisotopic (exact) mass is 368 g/mol. The molecule has 1 aliphatic rings. The maximum Gasteiger partial charge on any atom is 0.500 e. The number of unbranched alkanes of at least 4 members (excludes halogenated alkanes) is 1. The Morgan fingerprint density at radius 3 is 2.48 bits per heavy atom. The Balaban J connectivity index is 1.94.